The van der Waals surface area contributed by atoms with Gasteiger partial charge in [0, 0.05) is 32.0 Å². The van der Waals surface area contributed by atoms with Crippen LogP contribution in [0.4, 0.5) is 5.69 Å². The average Bonchev–Trinajstić information content (AvgIpc) is 2.49. The Hall–Kier alpha value is -1.09. The van der Waals surface area contributed by atoms with Crippen LogP contribution in [0.5, 0.6) is 0 Å². The molecule has 3 heteroatoms. The molecule has 2 saturated heterocycles. The van der Waals surface area contributed by atoms with Crippen molar-refractivity contribution in [1.29, 1.82) is 0 Å². The molecule has 1 spiro atoms. The summed E-state index contributed by atoms with van der Waals surface area (Å²) >= 11 is 0. The molecule has 0 aliphatic carbocycles. The summed E-state index contributed by atoms with van der Waals surface area (Å²) in [5, 5.41) is 0. The van der Waals surface area contributed by atoms with Gasteiger partial charge in [0.05, 0.1) is 11.9 Å². The van der Waals surface area contributed by atoms with Crippen LogP contribution in [-0.2, 0) is 4.74 Å². The van der Waals surface area contributed by atoms with Gasteiger partial charge in [0.25, 0.3) is 0 Å². The maximum absolute atomic E-state index is 5.52. The Morgan fingerprint density at radius 2 is 1.80 bits per heavy atom. The molecule has 0 aromatic carbocycles. The molecule has 0 radical (unpaired) electrons. The van der Waals surface area contributed by atoms with Gasteiger partial charge in [-0.25, -0.2) is 0 Å². The molecular weight excluding hydrogens is 248 g/mol. The first-order chi connectivity index (χ1) is 9.69. The molecule has 2 fully saturated rings. The average molecular weight is 274 g/mol. The van der Waals surface area contributed by atoms with Crippen molar-refractivity contribution in [2.75, 3.05) is 31.2 Å². The second-order valence-electron chi connectivity index (χ2n) is 6.70. The van der Waals surface area contributed by atoms with E-state index in [0.29, 0.717) is 11.3 Å². The smallest absolute Gasteiger partial charge is 0.0552 e. The standard InChI is InChI=1S/C17H26N2O/c1-14(2)16-4-3-15(13-18-16)19-9-5-17(6-10-19)7-11-20-12-8-17/h3-4,13-14H,5-12H2,1-2H3. The summed E-state index contributed by atoms with van der Waals surface area (Å²) in [6.45, 7) is 8.65. The molecule has 0 N–H and O–H groups in total. The lowest BCUT2D eigenvalue weighted by atomic mass is 9.72. The topological polar surface area (TPSA) is 25.4 Å². The molecule has 2 aliphatic heterocycles. The predicted octanol–water partition coefficient (Wildman–Crippen LogP) is 3.60. The number of anilines is 1. The van der Waals surface area contributed by atoms with Gasteiger partial charge in [-0.2, -0.15) is 0 Å². The first kappa shape index (κ1) is 13.9. The summed E-state index contributed by atoms with van der Waals surface area (Å²) in [4.78, 5) is 7.09. The molecule has 0 unspecified atom stereocenters. The molecule has 0 atom stereocenters. The van der Waals surface area contributed by atoms with Crippen molar-refractivity contribution in [2.45, 2.75) is 45.4 Å². The number of pyridine rings is 1. The van der Waals surface area contributed by atoms with Gasteiger partial charge < -0.3 is 9.64 Å². The highest BCUT2D eigenvalue weighted by atomic mass is 16.5. The summed E-state index contributed by atoms with van der Waals surface area (Å²) in [5.74, 6) is 0.510. The predicted molar refractivity (Wildman–Crippen MR) is 82.3 cm³/mol. The summed E-state index contributed by atoms with van der Waals surface area (Å²) in [6, 6.07) is 4.42. The fourth-order valence-corrected chi connectivity index (χ4v) is 3.47. The monoisotopic (exact) mass is 274 g/mol. The molecule has 1 aromatic heterocycles. The molecule has 3 heterocycles. The van der Waals surface area contributed by atoms with Crippen molar-refractivity contribution in [3.8, 4) is 0 Å². The van der Waals surface area contributed by atoms with Gasteiger partial charge >= 0.3 is 0 Å². The lowest BCUT2D eigenvalue weighted by molar-refractivity contribution is 0.00212. The zero-order chi connectivity index (χ0) is 14.0. The second kappa shape index (κ2) is 5.72. The van der Waals surface area contributed by atoms with Crippen LogP contribution in [0.25, 0.3) is 0 Å². The van der Waals surface area contributed by atoms with Crippen LogP contribution in [0.1, 0.15) is 51.1 Å². The van der Waals surface area contributed by atoms with E-state index in [4.69, 9.17) is 4.74 Å². The highest BCUT2D eigenvalue weighted by molar-refractivity contribution is 5.45. The Balaban J connectivity index is 1.62. The van der Waals surface area contributed by atoms with Gasteiger partial charge in [-0.1, -0.05) is 13.8 Å². The summed E-state index contributed by atoms with van der Waals surface area (Å²) in [5.41, 5.74) is 3.04. The van der Waals surface area contributed by atoms with Crippen LogP contribution in [0.2, 0.25) is 0 Å². The van der Waals surface area contributed by atoms with E-state index >= 15 is 0 Å². The van der Waals surface area contributed by atoms with Crippen molar-refractivity contribution in [1.82, 2.24) is 4.98 Å². The quantitative estimate of drug-likeness (QED) is 0.824. The molecule has 0 saturated carbocycles. The number of hydrogen-bond donors (Lipinski definition) is 0. The molecule has 1 aromatic rings. The van der Waals surface area contributed by atoms with E-state index in [9.17, 15) is 0 Å². The van der Waals surface area contributed by atoms with Gasteiger partial charge in [-0.3, -0.25) is 4.98 Å². The van der Waals surface area contributed by atoms with E-state index in [1.165, 1.54) is 50.2 Å². The second-order valence-corrected chi connectivity index (χ2v) is 6.70. The van der Waals surface area contributed by atoms with E-state index in [-0.39, 0.29) is 0 Å². The Kier molecular flexibility index (Phi) is 3.97. The highest BCUT2D eigenvalue weighted by Crippen LogP contribution is 2.41. The number of rotatable bonds is 2. The van der Waals surface area contributed by atoms with Crippen LogP contribution in [-0.4, -0.2) is 31.3 Å². The summed E-state index contributed by atoms with van der Waals surface area (Å²) < 4.78 is 5.52. The zero-order valence-electron chi connectivity index (χ0n) is 12.8. The zero-order valence-corrected chi connectivity index (χ0v) is 12.8. The number of nitrogens with zero attached hydrogens (tertiary/aromatic N) is 2. The Morgan fingerprint density at radius 3 is 2.35 bits per heavy atom. The first-order valence-corrected chi connectivity index (χ1v) is 7.97. The largest absolute Gasteiger partial charge is 0.381 e. The molecular formula is C17H26N2O. The van der Waals surface area contributed by atoms with Crippen LogP contribution in [0, 0.1) is 5.41 Å². The Morgan fingerprint density at radius 1 is 1.10 bits per heavy atom. The van der Waals surface area contributed by atoms with Crippen LogP contribution in [0.15, 0.2) is 18.3 Å². The SMILES string of the molecule is CC(C)c1ccc(N2CCC3(CCOCC3)CC2)cn1. The minimum absolute atomic E-state index is 0.510. The normalized spacial score (nSPS) is 22.4. The third kappa shape index (κ3) is 2.83. The molecule has 2 aliphatic rings. The molecule has 20 heavy (non-hydrogen) atoms. The molecule has 110 valence electrons. The van der Waals surface area contributed by atoms with Gasteiger partial charge in [-0.05, 0) is 49.1 Å². The Labute approximate surface area is 122 Å². The maximum Gasteiger partial charge on any atom is 0.0552 e. The van der Waals surface area contributed by atoms with Crippen LogP contribution in [0.3, 0.4) is 0 Å². The van der Waals surface area contributed by atoms with Gasteiger partial charge in [0.2, 0.25) is 0 Å². The molecule has 3 rings (SSSR count). The molecule has 3 nitrogen and oxygen atoms in total. The van der Waals surface area contributed by atoms with Gasteiger partial charge in [0.1, 0.15) is 0 Å². The lowest BCUT2D eigenvalue weighted by Gasteiger charge is -2.44. The summed E-state index contributed by atoms with van der Waals surface area (Å²) in [7, 11) is 0. The molecule has 0 amide bonds. The van der Waals surface area contributed by atoms with Crippen molar-refractivity contribution in [2.24, 2.45) is 5.41 Å². The number of hydrogen-bond acceptors (Lipinski definition) is 3. The van der Waals surface area contributed by atoms with Crippen LogP contribution >= 0.6 is 0 Å². The van der Waals surface area contributed by atoms with E-state index < -0.39 is 0 Å². The number of piperidine rings is 1. The summed E-state index contributed by atoms with van der Waals surface area (Å²) in [6.07, 6.45) is 7.18. The minimum Gasteiger partial charge on any atom is -0.381 e. The van der Waals surface area contributed by atoms with E-state index in [0.717, 1.165) is 13.2 Å². The van der Waals surface area contributed by atoms with Gasteiger partial charge in [0.15, 0.2) is 0 Å². The van der Waals surface area contributed by atoms with Crippen molar-refractivity contribution in [3.05, 3.63) is 24.0 Å². The number of ether oxygens (including phenoxy) is 1. The van der Waals surface area contributed by atoms with Crippen molar-refractivity contribution < 1.29 is 4.74 Å². The third-order valence-electron chi connectivity index (χ3n) is 5.10. The minimum atomic E-state index is 0.510. The number of aromatic nitrogens is 1. The Bertz CT molecular complexity index is 425. The molecule has 0 bridgehead atoms. The van der Waals surface area contributed by atoms with E-state index in [1.807, 2.05) is 0 Å². The first-order valence-electron chi connectivity index (χ1n) is 7.97. The van der Waals surface area contributed by atoms with E-state index in [1.54, 1.807) is 0 Å². The highest BCUT2D eigenvalue weighted by Gasteiger charge is 2.36. The van der Waals surface area contributed by atoms with E-state index in [2.05, 4.69) is 42.1 Å². The fourth-order valence-electron chi connectivity index (χ4n) is 3.47. The maximum atomic E-state index is 5.52. The van der Waals surface area contributed by atoms with Gasteiger partial charge in [-0.15, -0.1) is 0 Å². The van der Waals surface area contributed by atoms with Crippen molar-refractivity contribution in [3.63, 3.8) is 0 Å². The fraction of sp³-hybridized carbons (Fsp3) is 0.706. The lowest BCUT2D eigenvalue weighted by Crippen LogP contribution is -2.43. The van der Waals surface area contributed by atoms with Crippen molar-refractivity contribution >= 4 is 5.69 Å². The van der Waals surface area contributed by atoms with Crippen LogP contribution < -0.4 is 4.90 Å². The third-order valence-corrected chi connectivity index (χ3v) is 5.10.